The first-order valence-electron chi connectivity index (χ1n) is 14.3. The van der Waals surface area contributed by atoms with Crippen LogP contribution in [-0.2, 0) is 23.9 Å². The minimum Gasteiger partial charge on any atom is -0.469 e. The second kappa shape index (κ2) is 10.2. The average molecular weight is 489 g/mol. The summed E-state index contributed by atoms with van der Waals surface area (Å²) in [5, 5.41) is 0. The molecule has 4 aliphatic rings. The molecular weight excluding hydrogens is 440 g/mol. The zero-order chi connectivity index (χ0) is 25.5. The number of ether oxygens (including phenoxy) is 2. The molecule has 0 saturated heterocycles. The first-order chi connectivity index (χ1) is 16.5. The quantitative estimate of drug-likeness (QED) is 0.389. The third-order valence-electron chi connectivity index (χ3n) is 11.4. The summed E-state index contributed by atoms with van der Waals surface area (Å²) in [6.07, 6.45) is 11.5. The lowest BCUT2D eigenvalue weighted by Crippen LogP contribution is -2.57. The van der Waals surface area contributed by atoms with Gasteiger partial charge < -0.3 is 9.47 Å². The highest BCUT2D eigenvalue weighted by atomic mass is 16.5. The molecular formula is C30H48O5. The Hall–Kier alpha value is -1.39. The van der Waals surface area contributed by atoms with Crippen molar-refractivity contribution < 1.29 is 23.9 Å². The molecule has 1 unspecified atom stereocenters. The summed E-state index contributed by atoms with van der Waals surface area (Å²) in [5.74, 6) is 3.03. The Balaban J connectivity index is 1.43. The molecule has 0 aliphatic heterocycles. The number of Topliss-reactive ketones (excluding diaryl/α,β-unsaturated/α-hetero) is 1. The number of esters is 2. The molecule has 0 bridgehead atoms. The van der Waals surface area contributed by atoms with E-state index in [1.165, 1.54) is 33.3 Å². The van der Waals surface area contributed by atoms with Gasteiger partial charge in [0.05, 0.1) is 13.0 Å². The number of carbonyl (C=O) groups is 3. The number of rotatable bonds is 7. The Bertz CT molecular complexity index is 822. The number of fused-ring (bicyclic) bond motifs is 5. The molecule has 0 aromatic carbocycles. The Morgan fingerprint density at radius 1 is 1.00 bits per heavy atom. The molecule has 0 N–H and O–H groups in total. The summed E-state index contributed by atoms with van der Waals surface area (Å²) < 4.78 is 10.5. The van der Waals surface area contributed by atoms with Crippen molar-refractivity contribution in [2.75, 3.05) is 7.11 Å². The molecule has 5 nitrogen and oxygen atoms in total. The maximum Gasteiger partial charge on any atom is 0.308 e. The van der Waals surface area contributed by atoms with E-state index in [0.717, 1.165) is 44.9 Å². The molecule has 0 aromatic rings. The fourth-order valence-corrected chi connectivity index (χ4v) is 9.48. The largest absolute Gasteiger partial charge is 0.469 e. The molecule has 198 valence electrons. The highest BCUT2D eigenvalue weighted by Crippen LogP contribution is 2.67. The molecule has 0 radical (unpaired) electrons. The summed E-state index contributed by atoms with van der Waals surface area (Å²) in [4.78, 5) is 37.0. The fourth-order valence-electron chi connectivity index (χ4n) is 9.48. The molecule has 4 fully saturated rings. The van der Waals surface area contributed by atoms with Crippen LogP contribution in [0.1, 0.15) is 105 Å². The lowest BCUT2D eigenvalue weighted by molar-refractivity contribution is -0.168. The molecule has 4 saturated carbocycles. The maximum atomic E-state index is 13.7. The second-order valence-corrected chi connectivity index (χ2v) is 13.2. The molecule has 4 aliphatic carbocycles. The average Bonchev–Trinajstić information content (AvgIpc) is 3.16. The van der Waals surface area contributed by atoms with Crippen molar-refractivity contribution in [2.24, 2.45) is 52.3 Å². The van der Waals surface area contributed by atoms with Gasteiger partial charge in [-0.1, -0.05) is 40.5 Å². The third-order valence-corrected chi connectivity index (χ3v) is 11.4. The fraction of sp³-hybridized carbons (Fsp3) is 0.900. The van der Waals surface area contributed by atoms with Gasteiger partial charge in [0.1, 0.15) is 11.9 Å². The smallest absolute Gasteiger partial charge is 0.308 e. The molecule has 0 heterocycles. The molecule has 0 spiro atoms. The van der Waals surface area contributed by atoms with E-state index >= 15 is 0 Å². The van der Waals surface area contributed by atoms with Crippen LogP contribution in [0.2, 0.25) is 0 Å². The van der Waals surface area contributed by atoms with Crippen molar-refractivity contribution in [3.05, 3.63) is 0 Å². The summed E-state index contributed by atoms with van der Waals surface area (Å²) >= 11 is 0. The zero-order valence-corrected chi connectivity index (χ0v) is 22.9. The van der Waals surface area contributed by atoms with Gasteiger partial charge in [-0.15, -0.1) is 0 Å². The Kier molecular flexibility index (Phi) is 7.75. The van der Waals surface area contributed by atoms with Crippen molar-refractivity contribution >= 4 is 17.7 Å². The van der Waals surface area contributed by atoms with Crippen molar-refractivity contribution in [2.45, 2.75) is 111 Å². The third kappa shape index (κ3) is 4.82. The monoisotopic (exact) mass is 488 g/mol. The Morgan fingerprint density at radius 2 is 1.69 bits per heavy atom. The summed E-state index contributed by atoms with van der Waals surface area (Å²) in [5.41, 5.74) is 0.451. The van der Waals surface area contributed by atoms with Crippen LogP contribution in [0.15, 0.2) is 0 Å². The lowest BCUT2D eigenvalue weighted by atomic mass is 9.44. The van der Waals surface area contributed by atoms with Crippen LogP contribution in [0, 0.1) is 52.3 Å². The molecule has 5 heteroatoms. The number of carbonyl (C=O) groups excluding carboxylic acids is 3. The minimum absolute atomic E-state index is 0.0117. The van der Waals surface area contributed by atoms with Crippen molar-refractivity contribution in [3.63, 3.8) is 0 Å². The summed E-state index contributed by atoms with van der Waals surface area (Å²) in [6.45, 7) is 10.8. The van der Waals surface area contributed by atoms with Crippen LogP contribution < -0.4 is 0 Å². The van der Waals surface area contributed by atoms with E-state index in [1.807, 2.05) is 6.92 Å². The standard InChI is InChI=1S/C30H48O5/c1-18(8-7-9-19(2)28(33)34-6)23-10-11-24-27-25(13-15-30(23,24)5)29(4)14-12-22(35-20(3)31)16-21(29)17-26(27)32/h18-19,21-25,27H,7-17H2,1-6H3/t18-,19?,21+,22-,23-,24+,25+,27+,29+,30-/m1/s1. The molecule has 10 atom stereocenters. The minimum atomic E-state index is -0.196. The molecule has 4 rings (SSSR count). The highest BCUT2D eigenvalue weighted by Gasteiger charge is 2.63. The van der Waals surface area contributed by atoms with Gasteiger partial charge in [0.2, 0.25) is 0 Å². The molecule has 0 aromatic heterocycles. The first-order valence-corrected chi connectivity index (χ1v) is 14.3. The predicted molar refractivity (Wildman–Crippen MR) is 135 cm³/mol. The van der Waals surface area contributed by atoms with Gasteiger partial charge in [0.15, 0.2) is 0 Å². The van der Waals surface area contributed by atoms with Gasteiger partial charge in [0.25, 0.3) is 0 Å². The van der Waals surface area contributed by atoms with Crippen LogP contribution in [0.25, 0.3) is 0 Å². The number of ketones is 1. The Morgan fingerprint density at radius 3 is 2.37 bits per heavy atom. The van der Waals surface area contributed by atoms with Gasteiger partial charge in [-0.05, 0) is 91.8 Å². The van der Waals surface area contributed by atoms with Crippen LogP contribution in [-0.4, -0.2) is 30.9 Å². The van der Waals surface area contributed by atoms with Gasteiger partial charge in [-0.3, -0.25) is 14.4 Å². The SMILES string of the molecule is COC(=O)C(C)CCC[C@@H](C)[C@H]1CC[C@H]2[C@@H]3C(=O)C[C@@H]4C[C@H](OC(C)=O)CC[C@]4(C)[C@H]3CC[C@]12C. The molecule has 0 amide bonds. The van der Waals surface area contributed by atoms with E-state index < -0.39 is 0 Å². The van der Waals surface area contributed by atoms with Crippen LogP contribution in [0.5, 0.6) is 0 Å². The van der Waals surface area contributed by atoms with Crippen LogP contribution >= 0.6 is 0 Å². The Labute approximate surface area is 212 Å². The first kappa shape index (κ1) is 26.7. The number of methoxy groups -OCH3 is 1. The van der Waals surface area contributed by atoms with E-state index in [2.05, 4.69) is 20.8 Å². The van der Waals surface area contributed by atoms with E-state index in [4.69, 9.17) is 9.47 Å². The lowest BCUT2D eigenvalue weighted by Gasteiger charge is -2.60. The van der Waals surface area contributed by atoms with Gasteiger partial charge in [-0.25, -0.2) is 0 Å². The van der Waals surface area contributed by atoms with E-state index in [-0.39, 0.29) is 40.7 Å². The van der Waals surface area contributed by atoms with Crippen LogP contribution in [0.3, 0.4) is 0 Å². The van der Waals surface area contributed by atoms with Crippen molar-refractivity contribution in [3.8, 4) is 0 Å². The van der Waals surface area contributed by atoms with Crippen molar-refractivity contribution in [1.29, 1.82) is 0 Å². The zero-order valence-electron chi connectivity index (χ0n) is 22.9. The van der Waals surface area contributed by atoms with Crippen LogP contribution in [0.4, 0.5) is 0 Å². The van der Waals surface area contributed by atoms with Crippen molar-refractivity contribution in [1.82, 2.24) is 0 Å². The normalized spacial score (nSPS) is 42.3. The summed E-state index contributed by atoms with van der Waals surface area (Å²) in [7, 11) is 1.47. The number of hydrogen-bond acceptors (Lipinski definition) is 5. The van der Waals surface area contributed by atoms with E-state index in [0.29, 0.717) is 41.8 Å². The molecule has 35 heavy (non-hydrogen) atoms. The topological polar surface area (TPSA) is 69.7 Å². The van der Waals surface area contributed by atoms with E-state index in [1.54, 1.807) is 0 Å². The second-order valence-electron chi connectivity index (χ2n) is 13.2. The maximum absolute atomic E-state index is 13.7. The summed E-state index contributed by atoms with van der Waals surface area (Å²) in [6, 6.07) is 0. The number of hydrogen-bond donors (Lipinski definition) is 0. The predicted octanol–water partition coefficient (Wildman–Crippen LogP) is 6.37. The highest BCUT2D eigenvalue weighted by molar-refractivity contribution is 5.83. The van der Waals surface area contributed by atoms with Gasteiger partial charge >= 0.3 is 11.9 Å². The van der Waals surface area contributed by atoms with E-state index in [9.17, 15) is 14.4 Å². The van der Waals surface area contributed by atoms with Gasteiger partial charge in [0, 0.05) is 19.3 Å². The van der Waals surface area contributed by atoms with Gasteiger partial charge in [-0.2, -0.15) is 0 Å².